The minimum atomic E-state index is -0.875. The van der Waals surface area contributed by atoms with Crippen LogP contribution in [0.4, 0.5) is 0 Å². The molecule has 0 unspecified atom stereocenters. The van der Waals surface area contributed by atoms with Crippen LogP contribution in [0.25, 0.3) is 17.0 Å². The number of hydrogen-bond donors (Lipinski definition) is 1. The number of aromatic nitrogens is 5. The minimum Gasteiger partial charge on any atom is -0.477 e. The molecule has 3 aromatic rings. The van der Waals surface area contributed by atoms with E-state index in [1.54, 1.807) is 27.7 Å². The Labute approximate surface area is 124 Å². The van der Waals surface area contributed by atoms with Gasteiger partial charge in [0.1, 0.15) is 6.33 Å². The number of hydrogen-bond acceptors (Lipinski definition) is 4. The van der Waals surface area contributed by atoms with Crippen molar-refractivity contribution in [2.45, 2.75) is 6.54 Å². The van der Waals surface area contributed by atoms with Gasteiger partial charge in [-0.05, 0) is 6.07 Å². The second-order valence-corrected chi connectivity index (χ2v) is 3.95. The Morgan fingerprint density at radius 2 is 2.00 bits per heavy atom. The average Bonchev–Trinajstić information content (AvgIpc) is 2.87. The maximum Gasteiger partial charge on any atom is 0.370 e. The van der Waals surface area contributed by atoms with Crippen molar-refractivity contribution in [1.82, 2.24) is 19.6 Å². The topological polar surface area (TPSA) is 84.3 Å². The van der Waals surface area contributed by atoms with Crippen LogP contribution >= 0.6 is 17.0 Å². The van der Waals surface area contributed by atoms with Crippen LogP contribution in [0.3, 0.4) is 0 Å². The number of carboxylic acid groups (broad SMARTS) is 1. The molecule has 0 aliphatic carbocycles. The molecule has 102 valence electrons. The summed E-state index contributed by atoms with van der Waals surface area (Å²) in [6, 6.07) is 5.50. The highest BCUT2D eigenvalue weighted by atomic mass is 79.9. The van der Waals surface area contributed by atoms with Gasteiger partial charge in [-0.15, -0.1) is 17.0 Å². The summed E-state index contributed by atoms with van der Waals surface area (Å²) >= 11 is 0. The van der Waals surface area contributed by atoms with Crippen LogP contribution in [0, 0.1) is 0 Å². The molecule has 3 aromatic heterocycles. The molecule has 0 aromatic carbocycles. The molecule has 0 spiro atoms. The molecule has 0 fully saturated rings. The molecule has 0 radical (unpaired) electrons. The minimum absolute atomic E-state index is 0. The van der Waals surface area contributed by atoms with E-state index in [1.807, 2.05) is 18.2 Å². The molecule has 1 N–H and O–H groups in total. The quantitative estimate of drug-likeness (QED) is 0.713. The van der Waals surface area contributed by atoms with E-state index < -0.39 is 5.97 Å². The van der Waals surface area contributed by atoms with E-state index in [9.17, 15) is 4.79 Å². The van der Waals surface area contributed by atoms with Gasteiger partial charge in [0.05, 0.1) is 5.69 Å². The molecule has 0 aliphatic rings. The van der Waals surface area contributed by atoms with Gasteiger partial charge >= 0.3 is 5.97 Å². The molecule has 0 aliphatic heterocycles. The zero-order valence-corrected chi connectivity index (χ0v) is 12.0. The maximum absolute atomic E-state index is 10.6. The molecule has 0 saturated heterocycles. The SMILES string of the molecule is Br.O=C(O)C[n+]1ccc(-c2ccnc3ncnn23)cc1. The number of rotatable bonds is 3. The summed E-state index contributed by atoms with van der Waals surface area (Å²) in [5.41, 5.74) is 1.77. The summed E-state index contributed by atoms with van der Waals surface area (Å²) in [6.45, 7) is -0.0602. The van der Waals surface area contributed by atoms with Crippen LogP contribution in [0.2, 0.25) is 0 Å². The Hall–Kier alpha value is -2.35. The first-order valence-electron chi connectivity index (χ1n) is 5.60. The molecule has 20 heavy (non-hydrogen) atoms. The summed E-state index contributed by atoms with van der Waals surface area (Å²) in [5, 5.41) is 12.8. The normalized spacial score (nSPS) is 10.2. The fraction of sp³-hybridized carbons (Fsp3) is 0.0833. The Morgan fingerprint density at radius 3 is 2.70 bits per heavy atom. The first-order valence-corrected chi connectivity index (χ1v) is 5.60. The van der Waals surface area contributed by atoms with Gasteiger partial charge in [-0.1, -0.05) is 0 Å². The molecule has 3 heterocycles. The van der Waals surface area contributed by atoms with E-state index in [0.717, 1.165) is 11.3 Å². The van der Waals surface area contributed by atoms with Gasteiger partial charge in [0, 0.05) is 23.9 Å². The third kappa shape index (κ3) is 2.64. The maximum atomic E-state index is 10.6. The van der Waals surface area contributed by atoms with Crippen molar-refractivity contribution in [3.63, 3.8) is 0 Å². The summed E-state index contributed by atoms with van der Waals surface area (Å²) in [4.78, 5) is 18.7. The van der Waals surface area contributed by atoms with E-state index in [2.05, 4.69) is 15.1 Å². The van der Waals surface area contributed by atoms with Gasteiger partial charge in [-0.25, -0.2) is 9.78 Å². The standard InChI is InChI=1S/C12H9N5O2.BrH/c18-11(19)7-16-5-2-9(3-6-16)10-1-4-13-12-14-8-15-17(10)12;/h1-6,8H,7H2;1H/p+1. The van der Waals surface area contributed by atoms with Gasteiger partial charge in [0.15, 0.2) is 12.4 Å². The van der Waals surface area contributed by atoms with E-state index in [0.29, 0.717) is 5.78 Å². The number of pyridine rings is 1. The van der Waals surface area contributed by atoms with Gasteiger partial charge in [-0.2, -0.15) is 19.2 Å². The number of halogens is 1. The average molecular weight is 337 g/mol. The van der Waals surface area contributed by atoms with Crippen LogP contribution < -0.4 is 4.57 Å². The lowest BCUT2D eigenvalue weighted by molar-refractivity contribution is -0.685. The largest absolute Gasteiger partial charge is 0.477 e. The third-order valence-corrected chi connectivity index (χ3v) is 2.69. The molecule has 0 saturated carbocycles. The lowest BCUT2D eigenvalue weighted by Gasteiger charge is -2.02. The lowest BCUT2D eigenvalue weighted by atomic mass is 10.2. The number of carboxylic acids is 1. The summed E-state index contributed by atoms with van der Waals surface area (Å²) < 4.78 is 3.22. The van der Waals surface area contributed by atoms with Gasteiger partial charge in [0.25, 0.3) is 5.78 Å². The van der Waals surface area contributed by atoms with Crippen molar-refractivity contribution < 1.29 is 14.5 Å². The van der Waals surface area contributed by atoms with Crippen molar-refractivity contribution in [2.75, 3.05) is 0 Å². The van der Waals surface area contributed by atoms with E-state index in [4.69, 9.17) is 5.11 Å². The van der Waals surface area contributed by atoms with Crippen LogP contribution in [-0.4, -0.2) is 30.7 Å². The zero-order chi connectivity index (χ0) is 13.2. The molecule has 3 rings (SSSR count). The predicted octanol–water partition coefficient (Wildman–Crippen LogP) is 0.741. The van der Waals surface area contributed by atoms with Gasteiger partial charge < -0.3 is 5.11 Å². The molecular weight excluding hydrogens is 326 g/mol. The predicted molar refractivity (Wildman–Crippen MR) is 74.4 cm³/mol. The van der Waals surface area contributed by atoms with Crippen molar-refractivity contribution in [3.8, 4) is 11.3 Å². The smallest absolute Gasteiger partial charge is 0.370 e. The molecule has 7 nitrogen and oxygen atoms in total. The lowest BCUT2D eigenvalue weighted by Crippen LogP contribution is -2.36. The van der Waals surface area contributed by atoms with E-state index in [-0.39, 0.29) is 23.5 Å². The number of nitrogens with zero attached hydrogens (tertiary/aromatic N) is 5. The van der Waals surface area contributed by atoms with Crippen molar-refractivity contribution in [3.05, 3.63) is 43.1 Å². The van der Waals surface area contributed by atoms with Gasteiger partial charge in [0.2, 0.25) is 6.54 Å². The number of carbonyl (C=O) groups is 1. The highest BCUT2D eigenvalue weighted by Gasteiger charge is 2.10. The molecular formula is C12H11BrN5O2+. The zero-order valence-electron chi connectivity index (χ0n) is 10.2. The van der Waals surface area contributed by atoms with Crippen molar-refractivity contribution >= 4 is 28.7 Å². The monoisotopic (exact) mass is 336 g/mol. The summed E-state index contributed by atoms with van der Waals surface area (Å²) in [6.07, 6.45) is 6.54. The second kappa shape index (κ2) is 5.74. The molecule has 0 amide bonds. The first kappa shape index (κ1) is 14.1. The molecule has 8 heteroatoms. The Balaban J connectivity index is 0.00000147. The Morgan fingerprint density at radius 1 is 1.25 bits per heavy atom. The van der Waals surface area contributed by atoms with Crippen LogP contribution in [0.5, 0.6) is 0 Å². The van der Waals surface area contributed by atoms with E-state index >= 15 is 0 Å². The molecule has 0 atom stereocenters. The summed E-state index contributed by atoms with van der Waals surface area (Å²) in [7, 11) is 0. The molecule has 0 bridgehead atoms. The van der Waals surface area contributed by atoms with Crippen LogP contribution in [0.1, 0.15) is 0 Å². The van der Waals surface area contributed by atoms with Crippen molar-refractivity contribution in [1.29, 1.82) is 0 Å². The Bertz CT molecular complexity index is 741. The first-order chi connectivity index (χ1) is 9.24. The van der Waals surface area contributed by atoms with Gasteiger partial charge in [-0.3, -0.25) is 0 Å². The van der Waals surface area contributed by atoms with Crippen LogP contribution in [0.15, 0.2) is 43.1 Å². The van der Waals surface area contributed by atoms with Crippen molar-refractivity contribution in [2.24, 2.45) is 0 Å². The number of aliphatic carboxylic acids is 1. The highest BCUT2D eigenvalue weighted by molar-refractivity contribution is 8.93. The van der Waals surface area contributed by atoms with Crippen LogP contribution in [-0.2, 0) is 11.3 Å². The second-order valence-electron chi connectivity index (χ2n) is 3.95. The number of fused-ring (bicyclic) bond motifs is 1. The fourth-order valence-electron chi connectivity index (χ4n) is 1.85. The summed E-state index contributed by atoms with van der Waals surface area (Å²) in [5.74, 6) is -0.347. The third-order valence-electron chi connectivity index (χ3n) is 2.69. The fourth-order valence-corrected chi connectivity index (χ4v) is 1.85. The Kier molecular flexibility index (Phi) is 4.04. The highest BCUT2D eigenvalue weighted by Crippen LogP contribution is 2.16. The van der Waals surface area contributed by atoms with E-state index in [1.165, 1.54) is 6.33 Å².